The van der Waals surface area contributed by atoms with Crippen molar-refractivity contribution in [3.8, 4) is 0 Å². The van der Waals surface area contributed by atoms with E-state index in [1.807, 2.05) is 0 Å². The van der Waals surface area contributed by atoms with Gasteiger partial charge in [-0.2, -0.15) is 0 Å². The van der Waals surface area contributed by atoms with Gasteiger partial charge >= 0.3 is 0 Å². The molecule has 4 heteroatoms. The Bertz CT molecular complexity index is 117. The molecule has 1 unspecified atom stereocenters. The van der Waals surface area contributed by atoms with Crippen molar-refractivity contribution in [1.82, 2.24) is 0 Å². The highest BCUT2D eigenvalue weighted by molar-refractivity contribution is 6.59. The van der Waals surface area contributed by atoms with E-state index < -0.39 is 6.10 Å². The Morgan fingerprint density at radius 2 is 1.89 bits per heavy atom. The van der Waals surface area contributed by atoms with E-state index in [9.17, 15) is 0 Å². The largest absolute Gasteiger partial charge is 0.387 e. The van der Waals surface area contributed by atoms with Crippen LogP contribution >= 0.6 is 34.8 Å². The van der Waals surface area contributed by atoms with E-state index in [-0.39, 0.29) is 9.52 Å². The molecule has 1 nitrogen and oxygen atoms in total. The summed E-state index contributed by atoms with van der Waals surface area (Å²) < 4.78 is -0.0639. The Morgan fingerprint density at radius 3 is 2.00 bits per heavy atom. The van der Waals surface area contributed by atoms with Crippen molar-refractivity contribution in [2.24, 2.45) is 0 Å². The van der Waals surface area contributed by atoms with Crippen LogP contribution in [0.1, 0.15) is 13.3 Å². The van der Waals surface area contributed by atoms with Gasteiger partial charge in [0.15, 0.2) is 0 Å². The molecule has 0 rings (SSSR count). The fraction of sp³-hybridized carbons (Fsp3) is 0.600. The average molecular weight is 189 g/mol. The molecule has 9 heavy (non-hydrogen) atoms. The van der Waals surface area contributed by atoms with Crippen molar-refractivity contribution in [2.45, 2.75) is 19.4 Å². The first-order chi connectivity index (χ1) is 4.09. The first-order valence-electron chi connectivity index (χ1n) is 2.48. The fourth-order valence-corrected chi connectivity index (χ4v) is 0.711. The maximum absolute atomic E-state index is 8.94. The molecule has 0 aromatic heterocycles. The minimum Gasteiger partial charge on any atom is -0.387 e. The minimum absolute atomic E-state index is 0.0639. The van der Waals surface area contributed by atoms with E-state index in [1.165, 1.54) is 0 Å². The van der Waals surface area contributed by atoms with Crippen LogP contribution in [0.3, 0.4) is 0 Å². The Kier molecular flexibility index (Phi) is 4.67. The van der Waals surface area contributed by atoms with Crippen molar-refractivity contribution < 1.29 is 5.11 Å². The lowest BCUT2D eigenvalue weighted by molar-refractivity contribution is 0.214. The topological polar surface area (TPSA) is 20.2 Å². The molecule has 0 amide bonds. The van der Waals surface area contributed by atoms with Crippen LogP contribution in [0.25, 0.3) is 0 Å². The van der Waals surface area contributed by atoms with E-state index >= 15 is 0 Å². The molecule has 0 heterocycles. The van der Waals surface area contributed by atoms with Crippen LogP contribution in [0, 0.1) is 0 Å². The summed E-state index contributed by atoms with van der Waals surface area (Å²) in [4.78, 5) is 0. The molecule has 0 fully saturated rings. The van der Waals surface area contributed by atoms with Crippen LogP contribution < -0.4 is 0 Å². The van der Waals surface area contributed by atoms with Gasteiger partial charge in [-0.05, 0) is 6.42 Å². The number of aliphatic hydroxyl groups is 1. The second-order valence-corrected chi connectivity index (χ2v) is 2.89. The summed E-state index contributed by atoms with van der Waals surface area (Å²) in [5.74, 6) is 0. The Hall–Kier alpha value is 0.570. The van der Waals surface area contributed by atoms with Crippen molar-refractivity contribution in [3.63, 3.8) is 0 Å². The van der Waals surface area contributed by atoms with Crippen LogP contribution in [0.4, 0.5) is 0 Å². The molecular formula is C5H7Cl3O. The SMILES string of the molecule is CCC(O)C(Cl)=C(Cl)Cl. The van der Waals surface area contributed by atoms with E-state index in [1.54, 1.807) is 6.92 Å². The maximum atomic E-state index is 8.94. The summed E-state index contributed by atoms with van der Waals surface area (Å²) in [6, 6.07) is 0. The lowest BCUT2D eigenvalue weighted by Gasteiger charge is -2.04. The molecule has 0 saturated heterocycles. The van der Waals surface area contributed by atoms with Gasteiger partial charge in [-0.1, -0.05) is 41.7 Å². The molecule has 54 valence electrons. The van der Waals surface area contributed by atoms with Gasteiger partial charge in [-0.3, -0.25) is 0 Å². The zero-order chi connectivity index (χ0) is 7.44. The molecule has 0 radical (unpaired) electrons. The monoisotopic (exact) mass is 188 g/mol. The molecule has 1 N–H and O–H groups in total. The van der Waals surface area contributed by atoms with Gasteiger partial charge < -0.3 is 5.11 Å². The average Bonchev–Trinajstić information content (AvgIpc) is 1.84. The van der Waals surface area contributed by atoms with E-state index in [0.717, 1.165) is 0 Å². The summed E-state index contributed by atoms with van der Waals surface area (Å²) in [5, 5.41) is 9.05. The Morgan fingerprint density at radius 1 is 1.44 bits per heavy atom. The molecule has 1 atom stereocenters. The van der Waals surface area contributed by atoms with Crippen LogP contribution in [0.5, 0.6) is 0 Å². The first kappa shape index (κ1) is 9.57. The van der Waals surface area contributed by atoms with Crippen LogP contribution in [-0.4, -0.2) is 11.2 Å². The first-order valence-corrected chi connectivity index (χ1v) is 3.61. The van der Waals surface area contributed by atoms with Crippen molar-refractivity contribution in [2.75, 3.05) is 0 Å². The third-order valence-corrected chi connectivity index (χ3v) is 1.90. The van der Waals surface area contributed by atoms with E-state index in [2.05, 4.69) is 0 Å². The maximum Gasteiger partial charge on any atom is 0.123 e. The summed E-state index contributed by atoms with van der Waals surface area (Å²) in [6.45, 7) is 1.78. The molecule has 0 saturated carbocycles. The smallest absolute Gasteiger partial charge is 0.123 e. The third-order valence-electron chi connectivity index (χ3n) is 0.860. The number of hydrogen-bond acceptors (Lipinski definition) is 1. The van der Waals surface area contributed by atoms with E-state index in [4.69, 9.17) is 39.9 Å². The van der Waals surface area contributed by atoms with Gasteiger partial charge in [0.1, 0.15) is 4.49 Å². The highest BCUT2D eigenvalue weighted by Gasteiger charge is 2.08. The van der Waals surface area contributed by atoms with Crippen LogP contribution in [-0.2, 0) is 0 Å². The molecule has 0 spiro atoms. The summed E-state index contributed by atoms with van der Waals surface area (Å²) in [6.07, 6.45) is -0.210. The van der Waals surface area contributed by atoms with E-state index in [0.29, 0.717) is 6.42 Å². The van der Waals surface area contributed by atoms with Gasteiger partial charge in [0.25, 0.3) is 0 Å². The predicted molar refractivity (Wildman–Crippen MR) is 40.9 cm³/mol. The van der Waals surface area contributed by atoms with Gasteiger partial charge in [-0.15, -0.1) is 0 Å². The molecule has 0 bridgehead atoms. The van der Waals surface area contributed by atoms with Gasteiger partial charge in [0.2, 0.25) is 0 Å². The third kappa shape index (κ3) is 3.31. The highest BCUT2D eigenvalue weighted by atomic mass is 35.5. The van der Waals surface area contributed by atoms with Gasteiger partial charge in [0, 0.05) is 0 Å². The number of hydrogen-bond donors (Lipinski definition) is 1. The summed E-state index contributed by atoms with van der Waals surface area (Å²) >= 11 is 15.9. The van der Waals surface area contributed by atoms with Crippen LogP contribution in [0.2, 0.25) is 0 Å². The second kappa shape index (κ2) is 4.40. The lowest BCUT2D eigenvalue weighted by atomic mass is 10.3. The van der Waals surface area contributed by atoms with Gasteiger partial charge in [-0.25, -0.2) is 0 Å². The lowest BCUT2D eigenvalue weighted by Crippen LogP contribution is -2.03. The molecule has 0 aliphatic carbocycles. The molecular weight excluding hydrogens is 182 g/mol. The highest BCUT2D eigenvalue weighted by Crippen LogP contribution is 2.22. The normalized spacial score (nSPS) is 13.0. The zero-order valence-electron chi connectivity index (χ0n) is 4.87. The Balaban J connectivity index is 4.02. The number of halogens is 3. The summed E-state index contributed by atoms with van der Waals surface area (Å²) in [7, 11) is 0. The fourth-order valence-electron chi connectivity index (χ4n) is 0.305. The minimum atomic E-state index is -0.725. The second-order valence-electron chi connectivity index (χ2n) is 1.53. The zero-order valence-corrected chi connectivity index (χ0v) is 7.13. The van der Waals surface area contributed by atoms with Crippen molar-refractivity contribution in [1.29, 1.82) is 0 Å². The molecule has 0 aromatic carbocycles. The van der Waals surface area contributed by atoms with Gasteiger partial charge in [0.05, 0.1) is 11.1 Å². The molecule has 0 aliphatic rings. The quantitative estimate of drug-likeness (QED) is 0.708. The number of aliphatic hydroxyl groups excluding tert-OH is 1. The Labute approximate surface area is 69.2 Å². The number of rotatable bonds is 2. The van der Waals surface area contributed by atoms with Crippen molar-refractivity contribution >= 4 is 34.8 Å². The van der Waals surface area contributed by atoms with Crippen molar-refractivity contribution in [3.05, 3.63) is 9.52 Å². The standard InChI is InChI=1S/C5H7Cl3O/c1-2-3(9)4(6)5(7)8/h3,9H,2H2,1H3. The molecule has 0 aromatic rings. The molecule has 0 aliphatic heterocycles. The predicted octanol–water partition coefficient (Wildman–Crippen LogP) is 2.64. The van der Waals surface area contributed by atoms with Crippen LogP contribution in [0.15, 0.2) is 9.52 Å². The summed E-state index contributed by atoms with van der Waals surface area (Å²) in [5.41, 5.74) is 0.